The van der Waals surface area contributed by atoms with Crippen LogP contribution in [-0.4, -0.2) is 78.2 Å². The van der Waals surface area contributed by atoms with Gasteiger partial charge in [0.05, 0.1) is 13.2 Å². The van der Waals surface area contributed by atoms with Crippen LogP contribution in [0, 0.1) is 17.8 Å². The average molecular weight is 416 g/mol. The lowest BCUT2D eigenvalue weighted by Crippen LogP contribution is -2.70. The minimum atomic E-state index is -1.27. The maximum absolute atomic E-state index is 14.6. The van der Waals surface area contributed by atoms with Crippen LogP contribution in [0.25, 0.3) is 0 Å². The number of piperazine rings is 1. The predicted octanol–water partition coefficient (Wildman–Crippen LogP) is 1.76. The highest BCUT2D eigenvalue weighted by Crippen LogP contribution is 2.33. The molecule has 4 fully saturated rings. The molecule has 3 heterocycles. The van der Waals surface area contributed by atoms with Gasteiger partial charge in [-0.15, -0.1) is 11.6 Å². The molecule has 28 heavy (non-hydrogen) atoms. The van der Waals surface area contributed by atoms with E-state index in [9.17, 15) is 14.0 Å². The van der Waals surface area contributed by atoms with Gasteiger partial charge in [0.15, 0.2) is 0 Å². The highest BCUT2D eigenvalue weighted by molar-refractivity contribution is 6.20. The Morgan fingerprint density at radius 3 is 2.54 bits per heavy atom. The zero-order chi connectivity index (χ0) is 19.8. The summed E-state index contributed by atoms with van der Waals surface area (Å²) in [5.74, 6) is 0.971. The zero-order valence-corrected chi connectivity index (χ0v) is 17.2. The second-order valence-electron chi connectivity index (χ2n) is 9.08. The van der Waals surface area contributed by atoms with Crippen molar-refractivity contribution in [3.63, 3.8) is 0 Å². The smallest absolute Gasteiger partial charge is 0.247 e. The van der Waals surface area contributed by atoms with Gasteiger partial charge in [-0.2, -0.15) is 0 Å². The predicted molar refractivity (Wildman–Crippen MR) is 104 cm³/mol. The number of carbonyl (C=O) groups is 2. The fraction of sp³-hybridized carbons (Fsp3) is 0.900. The number of carbonyl (C=O) groups excluding carboxylic acids is 2. The van der Waals surface area contributed by atoms with Crippen LogP contribution in [0.1, 0.15) is 39.0 Å². The highest BCUT2D eigenvalue weighted by Gasteiger charge is 2.50. The van der Waals surface area contributed by atoms with Gasteiger partial charge in [-0.1, -0.05) is 19.8 Å². The molecule has 6 nitrogen and oxygen atoms in total. The lowest BCUT2D eigenvalue weighted by atomic mass is 9.82. The van der Waals surface area contributed by atoms with Crippen LogP contribution in [0.3, 0.4) is 0 Å². The fourth-order valence-electron chi connectivity index (χ4n) is 5.04. The number of amides is 2. The molecule has 4 aliphatic rings. The Hall–Kier alpha value is -0.920. The number of nitrogens with zero attached hydrogens (tertiary/aromatic N) is 2. The van der Waals surface area contributed by atoms with Gasteiger partial charge in [0, 0.05) is 24.4 Å². The molecule has 0 bridgehead atoms. The monoisotopic (exact) mass is 415 g/mol. The Morgan fingerprint density at radius 2 is 1.93 bits per heavy atom. The van der Waals surface area contributed by atoms with E-state index in [1.54, 1.807) is 4.90 Å². The van der Waals surface area contributed by atoms with Crippen LogP contribution >= 0.6 is 11.6 Å². The quantitative estimate of drug-likeness (QED) is 0.711. The number of hydrogen-bond acceptors (Lipinski definition) is 4. The van der Waals surface area contributed by atoms with Crippen molar-refractivity contribution in [2.24, 2.45) is 17.8 Å². The van der Waals surface area contributed by atoms with Gasteiger partial charge >= 0.3 is 0 Å². The van der Waals surface area contributed by atoms with Crippen molar-refractivity contribution in [1.29, 1.82) is 0 Å². The van der Waals surface area contributed by atoms with Crippen molar-refractivity contribution in [3.05, 3.63) is 0 Å². The summed E-state index contributed by atoms with van der Waals surface area (Å²) in [6.07, 6.45) is 2.72. The average Bonchev–Trinajstić information content (AvgIpc) is 2.61. The molecule has 1 saturated carbocycles. The second-order valence-corrected chi connectivity index (χ2v) is 9.70. The number of nitrogens with one attached hydrogen (secondary N) is 1. The molecule has 0 aromatic rings. The number of alkyl halides is 2. The first-order chi connectivity index (χ1) is 13.4. The van der Waals surface area contributed by atoms with Crippen LogP contribution in [0.5, 0.6) is 0 Å². The maximum atomic E-state index is 14.6. The Morgan fingerprint density at radius 1 is 1.21 bits per heavy atom. The Kier molecular flexibility index (Phi) is 6.14. The van der Waals surface area contributed by atoms with E-state index in [1.165, 1.54) is 17.7 Å². The van der Waals surface area contributed by atoms with Crippen molar-refractivity contribution in [1.82, 2.24) is 15.1 Å². The standard InChI is InChI=1S/C20H31ClFN3O3/c1-12-2-4-13(5-3-12)8-24-17(26)9-25(19-16(22)6-15(21)7-23-19)20(27)18(24)14-10-28-11-14/h12-16,18-19,23H,2-11H2,1H3/t12?,13?,15?,16?,18-,19?/m1/s1. The van der Waals surface area contributed by atoms with Crippen LogP contribution in [0.2, 0.25) is 0 Å². The molecule has 1 aliphatic carbocycles. The largest absolute Gasteiger partial charge is 0.380 e. The van der Waals surface area contributed by atoms with E-state index in [1.807, 2.05) is 0 Å². The third-order valence-electron chi connectivity index (χ3n) is 6.91. The van der Waals surface area contributed by atoms with E-state index in [0.29, 0.717) is 32.2 Å². The van der Waals surface area contributed by atoms with Gasteiger partial charge in [-0.25, -0.2) is 4.39 Å². The SMILES string of the molecule is CC1CCC(CN2C(=O)CN(C3NCC(Cl)CC3F)C(=O)[C@H]2C2COC2)CC1. The van der Waals surface area contributed by atoms with Crippen molar-refractivity contribution in [3.8, 4) is 0 Å². The molecule has 3 aliphatic heterocycles. The van der Waals surface area contributed by atoms with Crippen LogP contribution in [0.4, 0.5) is 4.39 Å². The molecular weight excluding hydrogens is 385 g/mol. The Bertz CT molecular complexity index is 597. The summed E-state index contributed by atoms with van der Waals surface area (Å²) in [5, 5.41) is 2.74. The van der Waals surface area contributed by atoms with Gasteiger partial charge in [0.2, 0.25) is 11.8 Å². The van der Waals surface area contributed by atoms with E-state index in [-0.39, 0.29) is 36.1 Å². The first-order valence-corrected chi connectivity index (χ1v) is 11.1. The summed E-state index contributed by atoms with van der Waals surface area (Å²) >= 11 is 6.04. The summed E-state index contributed by atoms with van der Waals surface area (Å²) in [6, 6.07) is -0.530. The summed E-state index contributed by atoms with van der Waals surface area (Å²) in [4.78, 5) is 29.6. The Labute approximate surface area is 171 Å². The fourth-order valence-corrected chi connectivity index (χ4v) is 5.30. The van der Waals surface area contributed by atoms with Crippen LogP contribution in [0.15, 0.2) is 0 Å². The van der Waals surface area contributed by atoms with E-state index in [2.05, 4.69) is 12.2 Å². The topological polar surface area (TPSA) is 61.9 Å². The molecule has 0 spiro atoms. The van der Waals surface area contributed by atoms with Gasteiger partial charge in [-0.3, -0.25) is 14.9 Å². The number of ether oxygens (including phenoxy) is 1. The number of piperidine rings is 1. The number of rotatable bonds is 4. The molecule has 1 N–H and O–H groups in total. The second kappa shape index (κ2) is 8.44. The molecule has 0 radical (unpaired) electrons. The number of halogens is 2. The molecule has 158 valence electrons. The lowest BCUT2D eigenvalue weighted by molar-refractivity contribution is -0.173. The first-order valence-electron chi connectivity index (χ1n) is 10.6. The molecule has 0 aromatic heterocycles. The summed E-state index contributed by atoms with van der Waals surface area (Å²) in [5.41, 5.74) is 0. The maximum Gasteiger partial charge on any atom is 0.247 e. The van der Waals surface area contributed by atoms with Crippen molar-refractivity contribution in [2.45, 2.75) is 62.8 Å². The molecule has 3 unspecified atom stereocenters. The third kappa shape index (κ3) is 4.03. The molecule has 8 heteroatoms. The molecule has 0 aromatic carbocycles. The van der Waals surface area contributed by atoms with Gasteiger partial charge in [0.1, 0.15) is 24.9 Å². The highest BCUT2D eigenvalue weighted by atomic mass is 35.5. The van der Waals surface area contributed by atoms with E-state index < -0.39 is 18.4 Å². The van der Waals surface area contributed by atoms with Crippen molar-refractivity contribution in [2.75, 3.05) is 32.8 Å². The summed E-state index contributed by atoms with van der Waals surface area (Å²) in [7, 11) is 0. The summed E-state index contributed by atoms with van der Waals surface area (Å²) < 4.78 is 19.9. The minimum absolute atomic E-state index is 0.00388. The van der Waals surface area contributed by atoms with Crippen LogP contribution < -0.4 is 5.32 Å². The van der Waals surface area contributed by atoms with Crippen molar-refractivity contribution < 1.29 is 18.7 Å². The molecular formula is C20H31ClFN3O3. The summed E-state index contributed by atoms with van der Waals surface area (Å²) in [6.45, 7) is 4.25. The third-order valence-corrected chi connectivity index (χ3v) is 7.24. The van der Waals surface area contributed by atoms with E-state index in [4.69, 9.17) is 16.3 Å². The first kappa shape index (κ1) is 20.4. The van der Waals surface area contributed by atoms with E-state index >= 15 is 0 Å². The lowest BCUT2D eigenvalue weighted by Gasteiger charge is -2.50. The molecule has 3 saturated heterocycles. The van der Waals surface area contributed by atoms with E-state index in [0.717, 1.165) is 18.8 Å². The van der Waals surface area contributed by atoms with Gasteiger partial charge < -0.3 is 14.5 Å². The van der Waals surface area contributed by atoms with Crippen LogP contribution in [-0.2, 0) is 14.3 Å². The van der Waals surface area contributed by atoms with Gasteiger partial charge in [-0.05, 0) is 31.1 Å². The Balaban J connectivity index is 1.49. The van der Waals surface area contributed by atoms with Gasteiger partial charge in [0.25, 0.3) is 0 Å². The minimum Gasteiger partial charge on any atom is -0.380 e. The normalized spacial score (nSPS) is 40.5. The molecule has 4 atom stereocenters. The van der Waals surface area contributed by atoms with Crippen molar-refractivity contribution >= 4 is 23.4 Å². The zero-order valence-electron chi connectivity index (χ0n) is 16.5. The molecule has 4 rings (SSSR count). The number of hydrogen-bond donors (Lipinski definition) is 1. The molecule has 2 amide bonds.